The Morgan fingerprint density at radius 3 is 2.45 bits per heavy atom. The number of aromatic nitrogens is 1. The van der Waals surface area contributed by atoms with Gasteiger partial charge in [0.05, 0.1) is 52.5 Å². The lowest BCUT2D eigenvalue weighted by Gasteiger charge is -2.20. The van der Waals surface area contributed by atoms with Gasteiger partial charge in [-0.15, -0.1) is 0 Å². The van der Waals surface area contributed by atoms with Crippen LogP contribution in [0.4, 0.5) is 5.13 Å². The second-order valence-corrected chi connectivity index (χ2v) is 8.26. The molecule has 0 unspecified atom stereocenters. The number of hydrogen-bond donors (Lipinski definition) is 1. The number of ether oxygens (including phenoxy) is 2. The maximum atomic E-state index is 13.2. The molecule has 0 aliphatic carbocycles. The van der Waals surface area contributed by atoms with Gasteiger partial charge in [0.2, 0.25) is 5.91 Å². The predicted octanol–water partition coefficient (Wildman–Crippen LogP) is 2.34. The lowest BCUT2D eigenvalue weighted by atomic mass is 10.1. The Labute approximate surface area is 175 Å². The first-order valence-electron chi connectivity index (χ1n) is 9.59. The molecule has 0 bridgehead atoms. The summed E-state index contributed by atoms with van der Waals surface area (Å²) in [5.41, 5.74) is 2.89. The second-order valence-electron chi connectivity index (χ2n) is 7.29. The lowest BCUT2D eigenvalue weighted by Crippen LogP contribution is -3.06. The molecule has 29 heavy (non-hydrogen) atoms. The third-order valence-electron chi connectivity index (χ3n) is 4.79. The van der Waals surface area contributed by atoms with Gasteiger partial charge in [-0.2, -0.15) is 0 Å². The van der Waals surface area contributed by atoms with Gasteiger partial charge in [-0.05, 0) is 36.2 Å². The van der Waals surface area contributed by atoms with Crippen molar-refractivity contribution in [2.75, 3.05) is 46.3 Å². The van der Waals surface area contributed by atoms with E-state index in [2.05, 4.69) is 21.0 Å². The van der Waals surface area contributed by atoms with Crippen molar-refractivity contribution in [1.29, 1.82) is 0 Å². The number of nitrogens with one attached hydrogen (secondary N) is 1. The fraction of sp³-hybridized carbons (Fsp3) is 0.364. The number of rotatable bonds is 8. The van der Waals surface area contributed by atoms with Gasteiger partial charge in [-0.25, -0.2) is 4.98 Å². The fourth-order valence-electron chi connectivity index (χ4n) is 3.05. The molecule has 0 spiro atoms. The van der Waals surface area contributed by atoms with E-state index in [9.17, 15) is 4.79 Å². The van der Waals surface area contributed by atoms with E-state index in [4.69, 9.17) is 14.5 Å². The highest BCUT2D eigenvalue weighted by molar-refractivity contribution is 7.22. The van der Waals surface area contributed by atoms with Crippen LogP contribution in [-0.4, -0.2) is 52.3 Å². The molecule has 0 aliphatic heterocycles. The quantitative estimate of drug-likeness (QED) is 0.615. The molecule has 0 atom stereocenters. The molecule has 0 aliphatic rings. The van der Waals surface area contributed by atoms with Crippen molar-refractivity contribution in [3.05, 3.63) is 47.5 Å². The SMILES string of the molecule is COc1ccc(CC(=O)N(CC[NH+](C)C)c2nc3c(OC)ccc(C)c3s2)cc1. The molecule has 1 amide bonds. The number of fused-ring (bicyclic) bond motifs is 1. The van der Waals surface area contributed by atoms with Crippen molar-refractivity contribution < 1.29 is 19.2 Å². The van der Waals surface area contributed by atoms with Crippen LogP contribution in [0.15, 0.2) is 36.4 Å². The number of aryl methyl sites for hydroxylation is 1. The number of carbonyl (C=O) groups is 1. The molecule has 7 heteroatoms. The van der Waals surface area contributed by atoms with Crippen molar-refractivity contribution in [3.63, 3.8) is 0 Å². The molecule has 3 rings (SSSR count). The number of amides is 1. The Kier molecular flexibility index (Phi) is 6.71. The van der Waals surface area contributed by atoms with Crippen LogP contribution < -0.4 is 19.3 Å². The summed E-state index contributed by atoms with van der Waals surface area (Å²) in [5, 5.41) is 0.715. The largest absolute Gasteiger partial charge is 0.497 e. The molecule has 2 aromatic carbocycles. The maximum Gasteiger partial charge on any atom is 0.233 e. The molecule has 3 aromatic rings. The normalized spacial score (nSPS) is 11.1. The van der Waals surface area contributed by atoms with E-state index >= 15 is 0 Å². The Balaban J connectivity index is 1.92. The zero-order chi connectivity index (χ0) is 21.0. The van der Waals surface area contributed by atoms with E-state index < -0.39 is 0 Å². The van der Waals surface area contributed by atoms with Crippen molar-refractivity contribution in [2.45, 2.75) is 13.3 Å². The smallest absolute Gasteiger partial charge is 0.233 e. The van der Waals surface area contributed by atoms with Gasteiger partial charge >= 0.3 is 0 Å². The number of anilines is 1. The average Bonchev–Trinajstić information content (AvgIpc) is 3.15. The van der Waals surface area contributed by atoms with E-state index in [0.29, 0.717) is 18.1 Å². The Morgan fingerprint density at radius 2 is 1.83 bits per heavy atom. The van der Waals surface area contributed by atoms with E-state index in [1.54, 1.807) is 30.5 Å². The molecule has 0 radical (unpaired) electrons. The summed E-state index contributed by atoms with van der Waals surface area (Å²) in [4.78, 5) is 21.1. The van der Waals surface area contributed by atoms with Crippen molar-refractivity contribution in [1.82, 2.24) is 4.98 Å². The molecular weight excluding hydrogens is 386 g/mol. The van der Waals surface area contributed by atoms with Crippen LogP contribution in [0.1, 0.15) is 11.1 Å². The summed E-state index contributed by atoms with van der Waals surface area (Å²) >= 11 is 1.54. The van der Waals surface area contributed by atoms with Gasteiger partial charge in [0.25, 0.3) is 0 Å². The Hall–Kier alpha value is -2.64. The minimum absolute atomic E-state index is 0.0343. The molecule has 1 aromatic heterocycles. The van der Waals surface area contributed by atoms with Crippen LogP contribution in [0.5, 0.6) is 11.5 Å². The number of thiazole rings is 1. The summed E-state index contributed by atoms with van der Waals surface area (Å²) in [7, 11) is 7.44. The highest BCUT2D eigenvalue weighted by Crippen LogP contribution is 2.36. The molecule has 154 valence electrons. The minimum Gasteiger partial charge on any atom is -0.497 e. The average molecular weight is 415 g/mol. The second kappa shape index (κ2) is 9.24. The molecular formula is C22H28N3O3S+. The molecule has 0 saturated carbocycles. The summed E-state index contributed by atoms with van der Waals surface area (Å²) in [6, 6.07) is 11.6. The van der Waals surface area contributed by atoms with Crippen LogP contribution in [0, 0.1) is 6.92 Å². The number of methoxy groups -OCH3 is 2. The van der Waals surface area contributed by atoms with Gasteiger partial charge in [0, 0.05) is 0 Å². The molecule has 1 N–H and O–H groups in total. The van der Waals surface area contributed by atoms with E-state index in [1.165, 1.54) is 4.90 Å². The Bertz CT molecular complexity index is 983. The van der Waals surface area contributed by atoms with Crippen molar-refractivity contribution in [3.8, 4) is 11.5 Å². The first-order chi connectivity index (χ1) is 13.9. The first-order valence-corrected chi connectivity index (χ1v) is 10.4. The first kappa shape index (κ1) is 21.1. The number of quaternary nitrogens is 1. The third-order valence-corrected chi connectivity index (χ3v) is 6.01. The molecule has 1 heterocycles. The molecule has 6 nitrogen and oxygen atoms in total. The van der Waals surface area contributed by atoms with Gasteiger partial charge in [0.15, 0.2) is 5.13 Å². The topological polar surface area (TPSA) is 56.1 Å². The van der Waals surface area contributed by atoms with Crippen LogP contribution in [0.25, 0.3) is 10.2 Å². The summed E-state index contributed by atoms with van der Waals surface area (Å²) in [5.74, 6) is 1.55. The molecule has 0 fully saturated rings. The van der Waals surface area contributed by atoms with Gasteiger partial charge < -0.3 is 14.4 Å². The van der Waals surface area contributed by atoms with Crippen LogP contribution >= 0.6 is 11.3 Å². The Morgan fingerprint density at radius 1 is 1.10 bits per heavy atom. The number of benzene rings is 2. The zero-order valence-electron chi connectivity index (χ0n) is 17.6. The number of hydrogen-bond acceptors (Lipinski definition) is 5. The summed E-state index contributed by atoms with van der Waals surface area (Å²) < 4.78 is 11.7. The fourth-order valence-corrected chi connectivity index (χ4v) is 4.15. The maximum absolute atomic E-state index is 13.2. The lowest BCUT2D eigenvalue weighted by molar-refractivity contribution is -0.856. The summed E-state index contributed by atoms with van der Waals surface area (Å²) in [6.45, 7) is 3.50. The number of likely N-dealkylation sites (N-methyl/N-ethyl adjacent to an activating group) is 1. The van der Waals surface area contributed by atoms with Crippen molar-refractivity contribution >= 4 is 32.6 Å². The van der Waals surface area contributed by atoms with Crippen LogP contribution in [0.2, 0.25) is 0 Å². The summed E-state index contributed by atoms with van der Waals surface area (Å²) in [6.07, 6.45) is 0.318. The highest BCUT2D eigenvalue weighted by atomic mass is 32.1. The van der Waals surface area contributed by atoms with Gasteiger partial charge in [0.1, 0.15) is 17.0 Å². The van der Waals surface area contributed by atoms with Gasteiger partial charge in [-0.3, -0.25) is 9.69 Å². The third kappa shape index (κ3) is 4.86. The zero-order valence-corrected chi connectivity index (χ0v) is 18.4. The van der Waals surface area contributed by atoms with Crippen molar-refractivity contribution in [2.24, 2.45) is 0 Å². The standard InChI is InChI=1S/C22H27N3O3S/c1-15-6-11-18(28-5)20-21(15)29-22(23-20)25(13-12-24(2)3)19(26)14-16-7-9-17(27-4)10-8-16/h6-11H,12-14H2,1-5H3/p+1. The number of nitrogens with zero attached hydrogens (tertiary/aromatic N) is 2. The minimum atomic E-state index is 0.0343. The van der Waals surface area contributed by atoms with E-state index in [1.807, 2.05) is 36.4 Å². The van der Waals surface area contributed by atoms with E-state index in [-0.39, 0.29) is 5.91 Å². The van der Waals surface area contributed by atoms with Crippen LogP contribution in [-0.2, 0) is 11.2 Å². The number of carbonyl (C=O) groups excluding carboxylic acids is 1. The highest BCUT2D eigenvalue weighted by Gasteiger charge is 2.22. The van der Waals surface area contributed by atoms with E-state index in [0.717, 1.165) is 39.4 Å². The molecule has 0 saturated heterocycles. The van der Waals surface area contributed by atoms with Gasteiger partial charge in [-0.1, -0.05) is 29.5 Å². The predicted molar refractivity (Wildman–Crippen MR) is 118 cm³/mol. The van der Waals surface area contributed by atoms with Crippen LogP contribution in [0.3, 0.4) is 0 Å². The monoisotopic (exact) mass is 414 g/mol.